The van der Waals surface area contributed by atoms with E-state index < -0.39 is 0 Å². The number of methoxy groups -OCH3 is 1. The molecule has 0 bridgehead atoms. The predicted molar refractivity (Wildman–Crippen MR) is 71.0 cm³/mol. The molecule has 1 aliphatic rings. The van der Waals surface area contributed by atoms with Crippen LogP contribution in [-0.4, -0.2) is 29.8 Å². The van der Waals surface area contributed by atoms with E-state index >= 15 is 0 Å². The van der Waals surface area contributed by atoms with Crippen LogP contribution in [0.25, 0.3) is 11.4 Å². The first-order valence-electron chi connectivity index (χ1n) is 6.56. The molecule has 1 saturated carbocycles. The summed E-state index contributed by atoms with van der Waals surface area (Å²) in [4.78, 5) is 4.41. The lowest BCUT2D eigenvalue weighted by molar-refractivity contribution is 0.375. The molecule has 0 atom stereocenters. The van der Waals surface area contributed by atoms with Gasteiger partial charge in [-0.2, -0.15) is 4.98 Å². The van der Waals surface area contributed by atoms with Crippen molar-refractivity contribution in [2.45, 2.75) is 25.3 Å². The van der Waals surface area contributed by atoms with E-state index in [9.17, 15) is 0 Å². The van der Waals surface area contributed by atoms with Crippen LogP contribution in [-0.2, 0) is 6.42 Å². The Labute approximate surface area is 112 Å². The Balaban J connectivity index is 1.68. The van der Waals surface area contributed by atoms with E-state index in [1.165, 1.54) is 12.8 Å². The zero-order valence-electron chi connectivity index (χ0n) is 10.9. The van der Waals surface area contributed by atoms with E-state index in [-0.39, 0.29) is 0 Å². The average molecular weight is 259 g/mol. The number of benzene rings is 1. The van der Waals surface area contributed by atoms with Crippen molar-refractivity contribution in [1.82, 2.24) is 15.5 Å². The fourth-order valence-electron chi connectivity index (χ4n) is 1.97. The lowest BCUT2D eigenvalue weighted by atomic mass is 10.2. The molecule has 0 spiro atoms. The molecule has 1 aliphatic carbocycles. The third kappa shape index (κ3) is 2.93. The number of aromatic nitrogens is 2. The van der Waals surface area contributed by atoms with Gasteiger partial charge in [-0.05, 0) is 25.0 Å². The number of ether oxygens (including phenoxy) is 1. The summed E-state index contributed by atoms with van der Waals surface area (Å²) in [6, 6.07) is 8.37. The molecule has 5 heteroatoms. The van der Waals surface area contributed by atoms with E-state index in [0.29, 0.717) is 17.8 Å². The standard InChI is InChI=1S/C14H17N3O2/c1-18-12-5-3-2-4-11(12)14-16-13(19-17-14)8-9-15-10-6-7-10/h2-5,10,15H,6-9H2,1H3. The zero-order valence-corrected chi connectivity index (χ0v) is 10.9. The molecule has 2 aromatic rings. The SMILES string of the molecule is COc1ccccc1-c1noc(CCNC2CC2)n1. The summed E-state index contributed by atoms with van der Waals surface area (Å²) >= 11 is 0. The van der Waals surface area contributed by atoms with Gasteiger partial charge in [0.2, 0.25) is 11.7 Å². The summed E-state index contributed by atoms with van der Waals surface area (Å²) in [6.07, 6.45) is 3.34. The second-order valence-corrected chi connectivity index (χ2v) is 4.69. The van der Waals surface area contributed by atoms with Crippen LogP contribution in [0.1, 0.15) is 18.7 Å². The van der Waals surface area contributed by atoms with Crippen LogP contribution in [0.5, 0.6) is 5.75 Å². The summed E-state index contributed by atoms with van der Waals surface area (Å²) in [5.74, 6) is 2.00. The molecule has 1 heterocycles. The molecule has 100 valence electrons. The van der Waals surface area contributed by atoms with Gasteiger partial charge in [0.25, 0.3) is 0 Å². The van der Waals surface area contributed by atoms with Crippen molar-refractivity contribution in [2.24, 2.45) is 0 Å². The van der Waals surface area contributed by atoms with Crippen molar-refractivity contribution in [3.05, 3.63) is 30.2 Å². The Bertz CT molecular complexity index is 549. The molecule has 0 saturated heterocycles. The van der Waals surface area contributed by atoms with Gasteiger partial charge < -0.3 is 14.6 Å². The average Bonchev–Trinajstić information content (AvgIpc) is 3.15. The molecule has 3 rings (SSSR count). The first-order chi connectivity index (χ1) is 9.36. The first-order valence-corrected chi connectivity index (χ1v) is 6.56. The molecule has 1 N–H and O–H groups in total. The first kappa shape index (κ1) is 12.2. The van der Waals surface area contributed by atoms with Crippen molar-refractivity contribution in [2.75, 3.05) is 13.7 Å². The van der Waals surface area contributed by atoms with Crippen LogP contribution >= 0.6 is 0 Å². The summed E-state index contributed by atoms with van der Waals surface area (Å²) in [5.41, 5.74) is 0.857. The number of hydrogen-bond donors (Lipinski definition) is 1. The second kappa shape index (κ2) is 5.40. The summed E-state index contributed by atoms with van der Waals surface area (Å²) in [7, 11) is 1.64. The Morgan fingerprint density at radius 2 is 2.21 bits per heavy atom. The molecule has 0 unspecified atom stereocenters. The van der Waals surface area contributed by atoms with Gasteiger partial charge in [-0.25, -0.2) is 0 Å². The number of nitrogens with zero attached hydrogens (tertiary/aromatic N) is 2. The third-order valence-electron chi connectivity index (χ3n) is 3.17. The van der Waals surface area contributed by atoms with E-state index in [1.807, 2.05) is 24.3 Å². The van der Waals surface area contributed by atoms with Gasteiger partial charge >= 0.3 is 0 Å². The molecule has 1 aromatic heterocycles. The molecular formula is C14H17N3O2. The number of rotatable bonds is 6. The highest BCUT2D eigenvalue weighted by molar-refractivity contribution is 5.63. The van der Waals surface area contributed by atoms with E-state index in [2.05, 4.69) is 15.5 Å². The van der Waals surface area contributed by atoms with Gasteiger partial charge in [0.15, 0.2) is 0 Å². The van der Waals surface area contributed by atoms with E-state index in [1.54, 1.807) is 7.11 Å². The van der Waals surface area contributed by atoms with Crippen LogP contribution in [0.3, 0.4) is 0 Å². The summed E-state index contributed by atoms with van der Waals surface area (Å²) < 4.78 is 10.6. The van der Waals surface area contributed by atoms with Gasteiger partial charge in [0.1, 0.15) is 5.75 Å². The molecule has 19 heavy (non-hydrogen) atoms. The van der Waals surface area contributed by atoms with Crippen molar-refractivity contribution in [3.8, 4) is 17.1 Å². The maximum absolute atomic E-state index is 5.30. The highest BCUT2D eigenvalue weighted by Gasteiger charge is 2.20. The maximum Gasteiger partial charge on any atom is 0.228 e. The predicted octanol–water partition coefficient (Wildman–Crippen LogP) is 2.04. The molecule has 0 radical (unpaired) electrons. The van der Waals surface area contributed by atoms with Gasteiger partial charge in [-0.15, -0.1) is 0 Å². The number of para-hydroxylation sites is 1. The minimum absolute atomic E-state index is 0.582. The smallest absolute Gasteiger partial charge is 0.228 e. The van der Waals surface area contributed by atoms with Crippen LogP contribution in [0.4, 0.5) is 0 Å². The van der Waals surface area contributed by atoms with E-state index in [0.717, 1.165) is 24.3 Å². The maximum atomic E-state index is 5.30. The van der Waals surface area contributed by atoms with Gasteiger partial charge in [-0.1, -0.05) is 17.3 Å². The van der Waals surface area contributed by atoms with Gasteiger partial charge in [-0.3, -0.25) is 0 Å². The van der Waals surface area contributed by atoms with Crippen LogP contribution < -0.4 is 10.1 Å². The molecule has 0 amide bonds. The van der Waals surface area contributed by atoms with Crippen molar-refractivity contribution < 1.29 is 9.26 Å². The number of hydrogen-bond acceptors (Lipinski definition) is 5. The van der Waals surface area contributed by atoms with Gasteiger partial charge in [0, 0.05) is 19.0 Å². The van der Waals surface area contributed by atoms with Crippen LogP contribution in [0, 0.1) is 0 Å². The molecule has 0 aliphatic heterocycles. The fourth-order valence-corrected chi connectivity index (χ4v) is 1.97. The Morgan fingerprint density at radius 3 is 3.00 bits per heavy atom. The second-order valence-electron chi connectivity index (χ2n) is 4.69. The molecule has 5 nitrogen and oxygen atoms in total. The fraction of sp³-hybridized carbons (Fsp3) is 0.429. The van der Waals surface area contributed by atoms with Crippen molar-refractivity contribution in [3.63, 3.8) is 0 Å². The van der Waals surface area contributed by atoms with Crippen LogP contribution in [0.2, 0.25) is 0 Å². The van der Waals surface area contributed by atoms with Crippen molar-refractivity contribution in [1.29, 1.82) is 0 Å². The summed E-state index contributed by atoms with van der Waals surface area (Å²) in [5, 5.41) is 7.44. The Kier molecular flexibility index (Phi) is 3.46. The minimum atomic E-state index is 0.582. The van der Waals surface area contributed by atoms with Crippen molar-refractivity contribution >= 4 is 0 Å². The highest BCUT2D eigenvalue weighted by atomic mass is 16.5. The normalized spacial score (nSPS) is 14.6. The van der Waals surface area contributed by atoms with Crippen LogP contribution in [0.15, 0.2) is 28.8 Å². The largest absolute Gasteiger partial charge is 0.496 e. The molecule has 1 aromatic carbocycles. The lowest BCUT2D eigenvalue weighted by Crippen LogP contribution is -2.19. The van der Waals surface area contributed by atoms with E-state index in [4.69, 9.17) is 9.26 Å². The Morgan fingerprint density at radius 1 is 1.37 bits per heavy atom. The lowest BCUT2D eigenvalue weighted by Gasteiger charge is -2.03. The molecular weight excluding hydrogens is 242 g/mol. The summed E-state index contributed by atoms with van der Waals surface area (Å²) in [6.45, 7) is 0.887. The third-order valence-corrected chi connectivity index (χ3v) is 3.17. The highest BCUT2D eigenvalue weighted by Crippen LogP contribution is 2.27. The zero-order chi connectivity index (χ0) is 13.1. The number of nitrogens with one attached hydrogen (secondary N) is 1. The molecule has 1 fully saturated rings. The topological polar surface area (TPSA) is 60.2 Å². The Hall–Kier alpha value is -1.88. The van der Waals surface area contributed by atoms with Gasteiger partial charge in [0.05, 0.1) is 12.7 Å². The quantitative estimate of drug-likeness (QED) is 0.860. The monoisotopic (exact) mass is 259 g/mol. The minimum Gasteiger partial charge on any atom is -0.496 e.